The second-order valence-corrected chi connectivity index (χ2v) is 7.89. The van der Waals surface area contributed by atoms with Gasteiger partial charge in [0.15, 0.2) is 0 Å². The zero-order chi connectivity index (χ0) is 22.7. The molecule has 0 bridgehead atoms. The van der Waals surface area contributed by atoms with Gasteiger partial charge >= 0.3 is 0 Å². The summed E-state index contributed by atoms with van der Waals surface area (Å²) in [4.78, 5) is 30.5. The number of hydrogen-bond donors (Lipinski definition) is 0. The Kier molecular flexibility index (Phi) is 6.12. The predicted octanol–water partition coefficient (Wildman–Crippen LogP) is 4.65. The van der Waals surface area contributed by atoms with Gasteiger partial charge in [0.05, 0.1) is 25.6 Å². The van der Waals surface area contributed by atoms with Crippen LogP contribution in [0.2, 0.25) is 0 Å². The van der Waals surface area contributed by atoms with Crippen LogP contribution >= 0.6 is 0 Å². The summed E-state index contributed by atoms with van der Waals surface area (Å²) in [5.41, 5.74) is 2.50. The van der Waals surface area contributed by atoms with Gasteiger partial charge in [-0.3, -0.25) is 9.59 Å². The van der Waals surface area contributed by atoms with Crippen molar-refractivity contribution in [3.63, 3.8) is 0 Å². The summed E-state index contributed by atoms with van der Waals surface area (Å²) in [5.74, 6) is 1.06. The first-order valence-electron chi connectivity index (χ1n) is 10.5. The first-order chi connectivity index (χ1) is 15.5. The lowest BCUT2D eigenvalue weighted by Gasteiger charge is -2.26. The maximum atomic E-state index is 13.5. The van der Waals surface area contributed by atoms with Crippen molar-refractivity contribution < 1.29 is 19.1 Å². The number of methoxy groups -OCH3 is 2. The molecule has 0 aromatic heterocycles. The van der Waals surface area contributed by atoms with Gasteiger partial charge in [0.25, 0.3) is 11.8 Å². The normalized spacial score (nSPS) is 13.8. The molecule has 0 unspecified atom stereocenters. The fourth-order valence-corrected chi connectivity index (χ4v) is 4.01. The van der Waals surface area contributed by atoms with Crippen LogP contribution in [0.1, 0.15) is 27.6 Å². The number of hydrogen-bond acceptors (Lipinski definition) is 4. The number of para-hydroxylation sites is 2. The average Bonchev–Trinajstić information content (AvgIpc) is 2.99. The Morgan fingerprint density at radius 1 is 0.719 bits per heavy atom. The van der Waals surface area contributed by atoms with E-state index in [1.165, 1.54) is 0 Å². The van der Waals surface area contributed by atoms with Gasteiger partial charge in [-0.15, -0.1) is 0 Å². The van der Waals surface area contributed by atoms with Crippen LogP contribution < -0.4 is 19.3 Å². The van der Waals surface area contributed by atoms with Gasteiger partial charge in [-0.05, 0) is 54.4 Å². The van der Waals surface area contributed by atoms with E-state index in [4.69, 9.17) is 9.47 Å². The van der Waals surface area contributed by atoms with E-state index in [2.05, 4.69) is 0 Å². The van der Waals surface area contributed by atoms with Gasteiger partial charge in [-0.2, -0.15) is 0 Å². The molecule has 3 aromatic carbocycles. The molecule has 6 heteroatoms. The third-order valence-corrected chi connectivity index (χ3v) is 5.58. The van der Waals surface area contributed by atoms with E-state index >= 15 is 0 Å². The van der Waals surface area contributed by atoms with Gasteiger partial charge in [0, 0.05) is 24.2 Å². The SMILES string of the molecule is COc1cccc(C(=O)N2CC(C)CN(C(=O)c3cccc(OC)c3)c3ccccc32)c1. The Morgan fingerprint density at radius 2 is 1.16 bits per heavy atom. The standard InChI is InChI=1S/C26H26N2O4/c1-18-16-27(25(29)19-8-6-10-21(14-19)31-2)23-12-4-5-13-24(23)28(17-18)26(30)20-9-7-11-22(15-20)32-3/h4-15,18H,16-17H2,1-3H3. The zero-order valence-corrected chi connectivity index (χ0v) is 18.4. The number of amides is 2. The minimum Gasteiger partial charge on any atom is -0.497 e. The van der Waals surface area contributed by atoms with E-state index in [0.717, 1.165) is 0 Å². The molecule has 0 atom stereocenters. The van der Waals surface area contributed by atoms with Crippen LogP contribution in [0.25, 0.3) is 0 Å². The Hall–Kier alpha value is -3.80. The molecule has 3 aromatic rings. The number of fused-ring (bicyclic) bond motifs is 1. The van der Waals surface area contributed by atoms with Crippen LogP contribution in [0.3, 0.4) is 0 Å². The summed E-state index contributed by atoms with van der Waals surface area (Å²) in [6.07, 6.45) is 0. The highest BCUT2D eigenvalue weighted by Gasteiger charge is 2.32. The summed E-state index contributed by atoms with van der Waals surface area (Å²) in [5, 5.41) is 0. The molecule has 1 aliphatic heterocycles. The maximum absolute atomic E-state index is 13.5. The Bertz CT molecular complexity index is 1060. The summed E-state index contributed by atoms with van der Waals surface area (Å²) < 4.78 is 10.6. The van der Waals surface area contributed by atoms with Crippen molar-refractivity contribution in [3.05, 3.63) is 83.9 Å². The largest absolute Gasteiger partial charge is 0.497 e. The van der Waals surface area contributed by atoms with E-state index in [0.29, 0.717) is 47.1 Å². The van der Waals surface area contributed by atoms with Gasteiger partial charge in [-0.1, -0.05) is 31.2 Å². The molecule has 0 radical (unpaired) electrons. The van der Waals surface area contributed by atoms with Crippen LogP contribution in [0.5, 0.6) is 11.5 Å². The fourth-order valence-electron chi connectivity index (χ4n) is 4.01. The van der Waals surface area contributed by atoms with E-state index < -0.39 is 0 Å². The lowest BCUT2D eigenvalue weighted by Crippen LogP contribution is -2.36. The Balaban J connectivity index is 1.75. The molecule has 0 saturated heterocycles. The molecule has 0 saturated carbocycles. The van der Waals surface area contributed by atoms with E-state index in [9.17, 15) is 9.59 Å². The molecule has 32 heavy (non-hydrogen) atoms. The third-order valence-electron chi connectivity index (χ3n) is 5.58. The summed E-state index contributed by atoms with van der Waals surface area (Å²) in [6.45, 7) is 3.04. The van der Waals surface area contributed by atoms with Gasteiger partial charge in [0.2, 0.25) is 0 Å². The van der Waals surface area contributed by atoms with Gasteiger partial charge in [0.1, 0.15) is 11.5 Å². The minimum absolute atomic E-state index is 0.0616. The fraction of sp³-hybridized carbons (Fsp3) is 0.231. The van der Waals surface area contributed by atoms with Crippen molar-refractivity contribution in [1.82, 2.24) is 0 Å². The molecule has 0 N–H and O–H groups in total. The number of nitrogens with zero attached hydrogens (tertiary/aromatic N) is 2. The third kappa shape index (κ3) is 4.17. The quantitative estimate of drug-likeness (QED) is 0.605. The number of carbonyl (C=O) groups excluding carboxylic acids is 2. The molecular formula is C26H26N2O4. The maximum Gasteiger partial charge on any atom is 0.258 e. The van der Waals surface area contributed by atoms with Crippen LogP contribution in [0, 0.1) is 5.92 Å². The smallest absolute Gasteiger partial charge is 0.258 e. The van der Waals surface area contributed by atoms with Crippen molar-refractivity contribution in [2.75, 3.05) is 37.1 Å². The van der Waals surface area contributed by atoms with Gasteiger partial charge < -0.3 is 19.3 Å². The van der Waals surface area contributed by atoms with Crippen molar-refractivity contribution in [2.24, 2.45) is 5.92 Å². The molecule has 1 aliphatic rings. The van der Waals surface area contributed by atoms with Crippen LogP contribution in [-0.4, -0.2) is 39.1 Å². The second kappa shape index (κ2) is 9.14. The summed E-state index contributed by atoms with van der Waals surface area (Å²) >= 11 is 0. The molecule has 6 nitrogen and oxygen atoms in total. The summed E-state index contributed by atoms with van der Waals surface area (Å²) in [6, 6.07) is 21.8. The first kappa shape index (κ1) is 21.4. The minimum atomic E-state index is -0.126. The van der Waals surface area contributed by atoms with Gasteiger partial charge in [-0.25, -0.2) is 0 Å². The molecule has 2 amide bonds. The lowest BCUT2D eigenvalue weighted by molar-refractivity contribution is 0.0981. The molecule has 0 spiro atoms. The van der Waals surface area contributed by atoms with E-state index in [1.54, 1.807) is 60.4 Å². The van der Waals surface area contributed by atoms with Crippen molar-refractivity contribution >= 4 is 23.2 Å². The second-order valence-electron chi connectivity index (χ2n) is 7.89. The van der Waals surface area contributed by atoms with Crippen molar-refractivity contribution in [1.29, 1.82) is 0 Å². The number of rotatable bonds is 4. The number of benzene rings is 3. The topological polar surface area (TPSA) is 59.1 Å². The highest BCUT2D eigenvalue weighted by Crippen LogP contribution is 2.35. The monoisotopic (exact) mass is 430 g/mol. The summed E-state index contributed by atoms with van der Waals surface area (Å²) in [7, 11) is 3.16. The molecule has 164 valence electrons. The number of ether oxygens (including phenoxy) is 2. The van der Waals surface area contributed by atoms with Crippen molar-refractivity contribution in [2.45, 2.75) is 6.92 Å². The molecule has 1 heterocycles. The van der Waals surface area contributed by atoms with Crippen molar-refractivity contribution in [3.8, 4) is 11.5 Å². The zero-order valence-electron chi connectivity index (χ0n) is 18.4. The predicted molar refractivity (Wildman–Crippen MR) is 125 cm³/mol. The average molecular weight is 431 g/mol. The highest BCUT2D eigenvalue weighted by atomic mass is 16.5. The van der Waals surface area contributed by atoms with Crippen LogP contribution in [0.4, 0.5) is 11.4 Å². The highest BCUT2D eigenvalue weighted by molar-refractivity contribution is 6.12. The first-order valence-corrected chi connectivity index (χ1v) is 10.5. The van der Waals surface area contributed by atoms with Crippen LogP contribution in [-0.2, 0) is 0 Å². The van der Waals surface area contributed by atoms with E-state index in [-0.39, 0.29) is 17.7 Å². The lowest BCUT2D eigenvalue weighted by atomic mass is 10.1. The number of anilines is 2. The number of carbonyl (C=O) groups is 2. The Morgan fingerprint density at radius 3 is 1.56 bits per heavy atom. The molecule has 4 rings (SSSR count). The molecular weight excluding hydrogens is 404 g/mol. The molecule has 0 fully saturated rings. The van der Waals surface area contributed by atoms with Crippen LogP contribution in [0.15, 0.2) is 72.8 Å². The molecule has 0 aliphatic carbocycles. The Labute approximate surface area is 188 Å². The van der Waals surface area contributed by atoms with E-state index in [1.807, 2.05) is 43.3 Å².